The van der Waals surface area contributed by atoms with Gasteiger partial charge in [0.05, 0.1) is 23.4 Å². The van der Waals surface area contributed by atoms with E-state index in [9.17, 15) is 19.2 Å². The van der Waals surface area contributed by atoms with Crippen LogP contribution in [0.3, 0.4) is 0 Å². The third-order valence-electron chi connectivity index (χ3n) is 7.40. The quantitative estimate of drug-likeness (QED) is 0.392. The van der Waals surface area contributed by atoms with Gasteiger partial charge in [0, 0.05) is 24.7 Å². The summed E-state index contributed by atoms with van der Waals surface area (Å²) in [6, 6.07) is 12.3. The Balaban J connectivity index is 1.29. The molecule has 7 nitrogen and oxygen atoms in total. The van der Waals surface area contributed by atoms with E-state index in [-0.39, 0.29) is 48.3 Å². The minimum atomic E-state index is -0.587. The van der Waals surface area contributed by atoms with Gasteiger partial charge in [-0.1, -0.05) is 25.0 Å². The van der Waals surface area contributed by atoms with Crippen molar-refractivity contribution in [1.82, 2.24) is 0 Å². The number of rotatable bonds is 4. The van der Waals surface area contributed by atoms with Gasteiger partial charge in [0.2, 0.25) is 17.7 Å². The Bertz CT molecular complexity index is 1170. The SMILES string of the molecule is Cc1ccc(N2C[C@H](C(=O)Oc3cccc(N4C(=O)[C@@H]5CCCC[C@H]5C4=O)c3)CC2=O)cc1C. The molecule has 0 radical (unpaired) electrons. The van der Waals surface area contributed by atoms with E-state index in [2.05, 4.69) is 0 Å². The Labute approximate surface area is 198 Å². The third kappa shape index (κ3) is 3.89. The minimum absolute atomic E-state index is 0.0813. The average Bonchev–Trinajstić information content (AvgIpc) is 3.34. The van der Waals surface area contributed by atoms with Crippen molar-refractivity contribution in [3.8, 4) is 5.75 Å². The summed E-state index contributed by atoms with van der Waals surface area (Å²) < 4.78 is 5.60. The van der Waals surface area contributed by atoms with Crippen LogP contribution in [0.5, 0.6) is 5.75 Å². The summed E-state index contributed by atoms with van der Waals surface area (Å²) in [7, 11) is 0. The number of carbonyl (C=O) groups is 4. The molecule has 3 fully saturated rings. The van der Waals surface area contributed by atoms with Crippen LogP contribution in [-0.2, 0) is 19.2 Å². The molecule has 0 bridgehead atoms. The molecule has 5 rings (SSSR count). The molecule has 0 unspecified atom stereocenters. The summed E-state index contributed by atoms with van der Waals surface area (Å²) in [5.74, 6) is -1.75. The summed E-state index contributed by atoms with van der Waals surface area (Å²) in [5.41, 5.74) is 3.42. The fourth-order valence-electron chi connectivity index (χ4n) is 5.31. The molecule has 3 amide bonds. The van der Waals surface area contributed by atoms with E-state index in [0.29, 0.717) is 5.69 Å². The Morgan fingerprint density at radius 2 is 1.59 bits per heavy atom. The highest BCUT2D eigenvalue weighted by Gasteiger charge is 2.48. The molecule has 176 valence electrons. The zero-order valence-corrected chi connectivity index (χ0v) is 19.5. The monoisotopic (exact) mass is 460 g/mol. The number of hydrogen-bond acceptors (Lipinski definition) is 5. The molecule has 2 saturated heterocycles. The van der Waals surface area contributed by atoms with E-state index in [1.54, 1.807) is 29.2 Å². The van der Waals surface area contributed by atoms with Gasteiger partial charge >= 0.3 is 5.97 Å². The van der Waals surface area contributed by atoms with Crippen molar-refractivity contribution >= 4 is 35.1 Å². The van der Waals surface area contributed by atoms with Crippen molar-refractivity contribution in [3.63, 3.8) is 0 Å². The summed E-state index contributed by atoms with van der Waals surface area (Å²) >= 11 is 0. The number of carbonyl (C=O) groups excluding carboxylic acids is 4. The normalized spacial score (nSPS) is 24.5. The third-order valence-corrected chi connectivity index (χ3v) is 7.40. The molecule has 7 heteroatoms. The van der Waals surface area contributed by atoms with Gasteiger partial charge in [-0.2, -0.15) is 0 Å². The number of nitrogens with zero attached hydrogens (tertiary/aromatic N) is 2. The molecule has 0 aromatic heterocycles. The molecule has 2 aliphatic heterocycles. The highest BCUT2D eigenvalue weighted by Crippen LogP contribution is 2.40. The van der Waals surface area contributed by atoms with Gasteiger partial charge in [-0.15, -0.1) is 0 Å². The lowest BCUT2D eigenvalue weighted by Gasteiger charge is -2.19. The van der Waals surface area contributed by atoms with Crippen LogP contribution in [0.2, 0.25) is 0 Å². The van der Waals surface area contributed by atoms with Gasteiger partial charge in [-0.25, -0.2) is 4.90 Å². The van der Waals surface area contributed by atoms with Crippen molar-refractivity contribution in [3.05, 3.63) is 53.6 Å². The number of esters is 1. The van der Waals surface area contributed by atoms with Crippen LogP contribution >= 0.6 is 0 Å². The van der Waals surface area contributed by atoms with E-state index < -0.39 is 11.9 Å². The van der Waals surface area contributed by atoms with E-state index in [1.165, 1.54) is 4.90 Å². The number of hydrogen-bond donors (Lipinski definition) is 0. The number of ether oxygens (including phenoxy) is 1. The van der Waals surface area contributed by atoms with Gasteiger partial charge in [0.1, 0.15) is 5.75 Å². The minimum Gasteiger partial charge on any atom is -0.426 e. The number of anilines is 2. The van der Waals surface area contributed by atoms with Gasteiger partial charge < -0.3 is 9.64 Å². The number of aryl methyl sites for hydroxylation is 2. The molecule has 34 heavy (non-hydrogen) atoms. The van der Waals surface area contributed by atoms with Crippen molar-refractivity contribution in [1.29, 1.82) is 0 Å². The van der Waals surface area contributed by atoms with Gasteiger partial charge in [-0.3, -0.25) is 19.2 Å². The Kier molecular flexibility index (Phi) is 5.71. The lowest BCUT2D eigenvalue weighted by molar-refractivity contribution is -0.139. The van der Waals surface area contributed by atoms with Gasteiger partial charge in [0.15, 0.2) is 0 Å². The Hall–Kier alpha value is -3.48. The van der Waals surface area contributed by atoms with Crippen LogP contribution in [0.1, 0.15) is 43.2 Å². The zero-order chi connectivity index (χ0) is 24.0. The molecule has 2 aromatic carbocycles. The average molecular weight is 461 g/mol. The molecule has 0 spiro atoms. The molecule has 2 heterocycles. The first-order chi connectivity index (χ1) is 16.3. The van der Waals surface area contributed by atoms with Crippen molar-refractivity contribution in [2.24, 2.45) is 17.8 Å². The fraction of sp³-hybridized carbons (Fsp3) is 0.407. The number of amides is 3. The van der Waals surface area contributed by atoms with Crippen LogP contribution in [0.4, 0.5) is 11.4 Å². The first-order valence-electron chi connectivity index (χ1n) is 11.9. The summed E-state index contributed by atoms with van der Waals surface area (Å²) in [5, 5.41) is 0. The van der Waals surface area contributed by atoms with E-state index in [1.807, 2.05) is 32.0 Å². The van der Waals surface area contributed by atoms with Crippen molar-refractivity contribution < 1.29 is 23.9 Å². The Morgan fingerprint density at radius 1 is 0.882 bits per heavy atom. The lowest BCUT2D eigenvalue weighted by atomic mass is 9.81. The number of fused-ring (bicyclic) bond motifs is 1. The molecule has 1 saturated carbocycles. The second-order valence-electron chi connectivity index (χ2n) is 9.60. The summed E-state index contributed by atoms with van der Waals surface area (Å²) in [6.45, 7) is 4.26. The Morgan fingerprint density at radius 3 is 2.26 bits per heavy atom. The maximum Gasteiger partial charge on any atom is 0.316 e. The molecular weight excluding hydrogens is 432 g/mol. The van der Waals surface area contributed by atoms with Gasteiger partial charge in [-0.05, 0) is 62.1 Å². The number of benzene rings is 2. The van der Waals surface area contributed by atoms with Crippen LogP contribution in [0, 0.1) is 31.6 Å². The van der Waals surface area contributed by atoms with Crippen LogP contribution < -0.4 is 14.5 Å². The summed E-state index contributed by atoms with van der Waals surface area (Å²) in [4.78, 5) is 54.1. The number of imide groups is 1. The summed E-state index contributed by atoms with van der Waals surface area (Å²) in [6.07, 6.45) is 3.49. The van der Waals surface area contributed by atoms with Crippen LogP contribution in [0.25, 0.3) is 0 Å². The van der Waals surface area contributed by atoms with E-state index in [0.717, 1.165) is 42.5 Å². The molecule has 0 N–H and O–H groups in total. The zero-order valence-electron chi connectivity index (χ0n) is 19.5. The molecule has 2 aromatic rings. The molecule has 3 aliphatic rings. The maximum atomic E-state index is 12.9. The predicted octanol–water partition coefficient (Wildman–Crippen LogP) is 3.94. The molecule has 3 atom stereocenters. The van der Waals surface area contributed by atoms with Crippen molar-refractivity contribution in [2.75, 3.05) is 16.3 Å². The standard InChI is InChI=1S/C27H28N2O5/c1-16-10-11-19(12-17(16)2)28-15-18(13-24(28)30)27(33)34-21-7-5-6-20(14-21)29-25(31)22-8-3-4-9-23(22)26(29)32/h5-7,10-12,14,18,22-23H,3-4,8-9,13,15H2,1-2H3/t18-,22-,23-/m1/s1. The smallest absolute Gasteiger partial charge is 0.316 e. The van der Waals surface area contributed by atoms with Crippen LogP contribution in [0.15, 0.2) is 42.5 Å². The highest BCUT2D eigenvalue weighted by molar-refractivity contribution is 6.22. The molecular formula is C27H28N2O5. The van der Waals surface area contributed by atoms with E-state index in [4.69, 9.17) is 4.74 Å². The molecule has 1 aliphatic carbocycles. The van der Waals surface area contributed by atoms with Gasteiger partial charge in [0.25, 0.3) is 0 Å². The van der Waals surface area contributed by atoms with E-state index >= 15 is 0 Å². The highest BCUT2D eigenvalue weighted by atomic mass is 16.5. The lowest BCUT2D eigenvalue weighted by Crippen LogP contribution is -2.31. The fourth-order valence-corrected chi connectivity index (χ4v) is 5.31. The topological polar surface area (TPSA) is 84.0 Å². The first-order valence-corrected chi connectivity index (χ1v) is 11.9. The second-order valence-corrected chi connectivity index (χ2v) is 9.60. The van der Waals surface area contributed by atoms with Crippen molar-refractivity contribution in [2.45, 2.75) is 46.0 Å². The predicted molar refractivity (Wildman–Crippen MR) is 126 cm³/mol. The largest absolute Gasteiger partial charge is 0.426 e. The first kappa shape index (κ1) is 22.3. The van der Waals surface area contributed by atoms with Crippen LogP contribution in [-0.4, -0.2) is 30.2 Å². The second kappa shape index (κ2) is 8.70. The maximum absolute atomic E-state index is 12.9.